The number of carbonyl (C=O) groups is 1. The topological polar surface area (TPSA) is 70.5 Å². The predicted molar refractivity (Wildman–Crippen MR) is 103 cm³/mol. The van der Waals surface area contributed by atoms with Crippen LogP contribution in [-0.4, -0.2) is 27.5 Å². The molecule has 0 aliphatic heterocycles. The third-order valence-electron chi connectivity index (χ3n) is 3.31. The Labute approximate surface area is 156 Å². The van der Waals surface area contributed by atoms with E-state index in [1.807, 2.05) is 40.2 Å². The Morgan fingerprint density at radius 2 is 2.08 bits per heavy atom. The van der Waals surface area contributed by atoms with Gasteiger partial charge in [-0.2, -0.15) is 0 Å². The summed E-state index contributed by atoms with van der Waals surface area (Å²) in [6.45, 7) is 0. The van der Waals surface area contributed by atoms with Crippen LogP contribution in [0.15, 0.2) is 40.3 Å². The molecule has 0 spiro atoms. The second kappa shape index (κ2) is 7.29. The molecule has 0 aliphatic carbocycles. The van der Waals surface area contributed by atoms with Gasteiger partial charge in [0.25, 0.3) is 0 Å². The molecular formula is C15H14BrN5OS2. The van der Waals surface area contributed by atoms with Crippen LogP contribution in [0.4, 0.5) is 0 Å². The summed E-state index contributed by atoms with van der Waals surface area (Å²) in [5, 5.41) is 5.02. The number of fused-ring (bicyclic) bond motifs is 1. The van der Waals surface area contributed by atoms with Gasteiger partial charge in [-0.25, -0.2) is 4.98 Å². The minimum Gasteiger partial charge on any atom is -0.364 e. The first kappa shape index (κ1) is 16.9. The molecule has 2 heterocycles. The van der Waals surface area contributed by atoms with Gasteiger partial charge in [-0.3, -0.25) is 20.0 Å². The van der Waals surface area contributed by atoms with Crippen LogP contribution < -0.4 is 16.2 Å². The highest BCUT2D eigenvalue weighted by molar-refractivity contribution is 9.10. The van der Waals surface area contributed by atoms with Gasteiger partial charge in [0.2, 0.25) is 5.91 Å². The molecule has 6 nitrogen and oxygen atoms in total. The van der Waals surface area contributed by atoms with E-state index >= 15 is 0 Å². The Morgan fingerprint density at radius 3 is 2.79 bits per heavy atom. The van der Waals surface area contributed by atoms with E-state index < -0.39 is 0 Å². The Morgan fingerprint density at radius 1 is 1.33 bits per heavy atom. The molecule has 0 saturated carbocycles. The van der Waals surface area contributed by atoms with Crippen molar-refractivity contribution in [3.05, 3.63) is 46.0 Å². The van der Waals surface area contributed by atoms with Gasteiger partial charge in [0, 0.05) is 34.4 Å². The van der Waals surface area contributed by atoms with Crippen molar-refractivity contribution in [3.63, 3.8) is 0 Å². The molecule has 9 heteroatoms. The number of thiazole rings is 1. The molecule has 0 aliphatic rings. The van der Waals surface area contributed by atoms with E-state index in [4.69, 9.17) is 12.2 Å². The molecule has 24 heavy (non-hydrogen) atoms. The second-order valence-electron chi connectivity index (χ2n) is 4.94. The number of nitrogens with one attached hydrogen (secondary N) is 3. The molecule has 124 valence electrons. The first-order valence-electron chi connectivity index (χ1n) is 7.05. The van der Waals surface area contributed by atoms with Crippen molar-refractivity contribution in [2.45, 2.75) is 6.42 Å². The van der Waals surface area contributed by atoms with E-state index in [2.05, 4.69) is 37.1 Å². The third kappa shape index (κ3) is 3.74. The number of nitrogens with zero attached hydrogens (tertiary/aromatic N) is 2. The van der Waals surface area contributed by atoms with Crippen LogP contribution in [0, 0.1) is 0 Å². The van der Waals surface area contributed by atoms with E-state index in [0.29, 0.717) is 5.11 Å². The quantitative estimate of drug-likeness (QED) is 0.445. The molecule has 0 fully saturated rings. The number of thiocarbonyl (C=S) groups is 1. The first-order valence-corrected chi connectivity index (χ1v) is 9.13. The Hall–Kier alpha value is -1.97. The highest BCUT2D eigenvalue weighted by atomic mass is 79.9. The average Bonchev–Trinajstić information content (AvgIpc) is 3.15. The summed E-state index contributed by atoms with van der Waals surface area (Å²) >= 11 is 9.85. The van der Waals surface area contributed by atoms with Gasteiger partial charge in [-0.05, 0) is 24.4 Å². The average molecular weight is 424 g/mol. The summed E-state index contributed by atoms with van der Waals surface area (Å²) in [6.07, 6.45) is 2.18. The zero-order valence-corrected chi connectivity index (χ0v) is 15.9. The van der Waals surface area contributed by atoms with Crippen molar-refractivity contribution in [2.75, 3.05) is 7.05 Å². The molecule has 0 atom stereocenters. The van der Waals surface area contributed by atoms with Gasteiger partial charge in [-0.1, -0.05) is 28.1 Å². The zero-order chi connectivity index (χ0) is 17.1. The SMILES string of the molecule is CNC(=S)NNC(=O)Cc1csc2nc(-c3ccc(Br)cc3)cn12. The van der Waals surface area contributed by atoms with Crippen LogP contribution in [0.25, 0.3) is 16.2 Å². The van der Waals surface area contributed by atoms with Gasteiger partial charge in [0.1, 0.15) is 0 Å². The molecule has 3 aromatic rings. The van der Waals surface area contributed by atoms with Crippen LogP contribution in [0.2, 0.25) is 0 Å². The standard InChI is InChI=1S/C15H14BrN5OS2/c1-17-14(23)20-19-13(22)6-11-8-24-15-18-12(7-21(11)15)9-2-4-10(16)5-3-9/h2-5,7-8H,6H2,1H3,(H,19,22)(H2,17,20,23). The number of benzene rings is 1. The number of rotatable bonds is 3. The number of imidazole rings is 1. The van der Waals surface area contributed by atoms with Crippen molar-refractivity contribution < 1.29 is 4.79 Å². The van der Waals surface area contributed by atoms with Crippen LogP contribution in [0.3, 0.4) is 0 Å². The lowest BCUT2D eigenvalue weighted by Gasteiger charge is -2.08. The van der Waals surface area contributed by atoms with Crippen molar-refractivity contribution in [2.24, 2.45) is 0 Å². The molecule has 2 aromatic heterocycles. The van der Waals surface area contributed by atoms with Crippen molar-refractivity contribution >= 4 is 55.5 Å². The van der Waals surface area contributed by atoms with Crippen LogP contribution in [-0.2, 0) is 11.2 Å². The second-order valence-corrected chi connectivity index (χ2v) is 7.10. The summed E-state index contributed by atoms with van der Waals surface area (Å²) in [4.78, 5) is 17.5. The molecule has 0 saturated heterocycles. The van der Waals surface area contributed by atoms with Gasteiger partial charge >= 0.3 is 0 Å². The highest BCUT2D eigenvalue weighted by Gasteiger charge is 2.12. The van der Waals surface area contributed by atoms with Gasteiger partial charge in [0.05, 0.1) is 12.1 Å². The number of hydrazine groups is 1. The van der Waals surface area contributed by atoms with Gasteiger partial charge < -0.3 is 5.32 Å². The van der Waals surface area contributed by atoms with Crippen LogP contribution in [0.1, 0.15) is 5.69 Å². The number of aromatic nitrogens is 2. The van der Waals surface area contributed by atoms with Crippen molar-refractivity contribution in [1.82, 2.24) is 25.6 Å². The lowest BCUT2D eigenvalue weighted by atomic mass is 10.2. The van der Waals surface area contributed by atoms with Crippen molar-refractivity contribution in [3.8, 4) is 11.3 Å². The number of carbonyl (C=O) groups excluding carboxylic acids is 1. The molecule has 1 amide bonds. The van der Waals surface area contributed by atoms with Crippen molar-refractivity contribution in [1.29, 1.82) is 0 Å². The van der Waals surface area contributed by atoms with E-state index in [1.54, 1.807) is 7.05 Å². The van der Waals surface area contributed by atoms with Crippen LogP contribution in [0.5, 0.6) is 0 Å². The lowest BCUT2D eigenvalue weighted by molar-refractivity contribution is -0.121. The first-order chi connectivity index (χ1) is 11.6. The normalized spacial score (nSPS) is 10.6. The number of hydrogen-bond acceptors (Lipinski definition) is 4. The highest BCUT2D eigenvalue weighted by Crippen LogP contribution is 2.25. The van der Waals surface area contributed by atoms with E-state index in [1.165, 1.54) is 11.3 Å². The molecular weight excluding hydrogens is 410 g/mol. The molecule has 0 unspecified atom stereocenters. The summed E-state index contributed by atoms with van der Waals surface area (Å²) < 4.78 is 2.97. The van der Waals surface area contributed by atoms with Crippen LogP contribution >= 0.6 is 39.5 Å². The Bertz CT molecular complexity index is 887. The third-order valence-corrected chi connectivity index (χ3v) is 5.03. The van der Waals surface area contributed by atoms with Gasteiger partial charge in [-0.15, -0.1) is 11.3 Å². The summed E-state index contributed by atoms with van der Waals surface area (Å²) in [5.74, 6) is -0.175. The Kier molecular flexibility index (Phi) is 5.12. The zero-order valence-electron chi connectivity index (χ0n) is 12.7. The monoisotopic (exact) mass is 423 g/mol. The molecule has 0 bridgehead atoms. The minimum atomic E-state index is -0.175. The fourth-order valence-corrected chi connectivity index (χ4v) is 3.30. The summed E-state index contributed by atoms with van der Waals surface area (Å²) in [7, 11) is 1.68. The molecule has 3 N–H and O–H groups in total. The Balaban J connectivity index is 1.76. The summed E-state index contributed by atoms with van der Waals surface area (Å²) in [6, 6.07) is 7.97. The fraction of sp³-hybridized carbons (Fsp3) is 0.133. The number of halogens is 1. The predicted octanol–water partition coefficient (Wildman–Crippen LogP) is 2.49. The largest absolute Gasteiger partial charge is 0.364 e. The summed E-state index contributed by atoms with van der Waals surface area (Å²) in [5.41, 5.74) is 7.97. The lowest BCUT2D eigenvalue weighted by Crippen LogP contribution is -2.46. The maximum atomic E-state index is 12.0. The maximum Gasteiger partial charge on any atom is 0.244 e. The van der Waals surface area contributed by atoms with E-state index in [0.717, 1.165) is 26.4 Å². The molecule has 0 radical (unpaired) electrons. The van der Waals surface area contributed by atoms with E-state index in [9.17, 15) is 4.79 Å². The number of amides is 1. The fourth-order valence-electron chi connectivity index (χ4n) is 2.11. The smallest absolute Gasteiger partial charge is 0.244 e. The number of hydrogen-bond donors (Lipinski definition) is 3. The van der Waals surface area contributed by atoms with Gasteiger partial charge in [0.15, 0.2) is 10.1 Å². The maximum absolute atomic E-state index is 12.0. The van der Waals surface area contributed by atoms with E-state index in [-0.39, 0.29) is 12.3 Å². The molecule has 1 aromatic carbocycles. The molecule has 3 rings (SSSR count). The minimum absolute atomic E-state index is 0.175.